The monoisotopic (exact) mass is 905 g/mol. The van der Waals surface area contributed by atoms with E-state index in [-0.39, 0.29) is 31.1 Å². The number of ether oxygens (including phenoxy) is 3. The third kappa shape index (κ3) is 51.4. The first-order valence-electron chi connectivity index (χ1n) is 29.0. The van der Waals surface area contributed by atoms with Crippen LogP contribution in [0.1, 0.15) is 335 Å². The van der Waals surface area contributed by atoms with Gasteiger partial charge >= 0.3 is 17.9 Å². The van der Waals surface area contributed by atoms with Gasteiger partial charge in [0.1, 0.15) is 13.2 Å². The van der Waals surface area contributed by atoms with Crippen molar-refractivity contribution in [3.63, 3.8) is 0 Å². The van der Waals surface area contributed by atoms with E-state index in [1.54, 1.807) is 0 Å². The first-order valence-corrected chi connectivity index (χ1v) is 29.0. The number of carbonyl (C=O) groups excluding carboxylic acids is 3. The summed E-state index contributed by atoms with van der Waals surface area (Å²) in [5.74, 6) is -0.854. The second kappa shape index (κ2) is 54.0. The topological polar surface area (TPSA) is 78.9 Å². The van der Waals surface area contributed by atoms with E-state index in [1.165, 1.54) is 231 Å². The molecule has 0 spiro atoms. The van der Waals surface area contributed by atoms with E-state index in [1.807, 2.05) is 0 Å². The molecule has 0 heterocycles. The van der Waals surface area contributed by atoms with Crippen LogP contribution in [0.15, 0.2) is 0 Å². The van der Waals surface area contributed by atoms with Crippen LogP contribution in [0.4, 0.5) is 0 Å². The summed E-state index contributed by atoms with van der Waals surface area (Å²) in [4.78, 5) is 37.7. The summed E-state index contributed by atoms with van der Waals surface area (Å²) in [5.41, 5.74) is 0. The van der Waals surface area contributed by atoms with Gasteiger partial charge in [-0.05, 0) is 19.3 Å². The quantitative estimate of drug-likeness (QED) is 0.0344. The fourth-order valence-corrected chi connectivity index (χ4v) is 8.98. The largest absolute Gasteiger partial charge is 0.462 e. The van der Waals surface area contributed by atoms with E-state index in [4.69, 9.17) is 14.2 Å². The number of carbonyl (C=O) groups is 3. The van der Waals surface area contributed by atoms with Crippen LogP contribution in [0.2, 0.25) is 0 Å². The molecule has 0 radical (unpaired) electrons. The maximum absolute atomic E-state index is 12.7. The van der Waals surface area contributed by atoms with Crippen molar-refractivity contribution < 1.29 is 28.6 Å². The predicted molar refractivity (Wildman–Crippen MR) is 275 cm³/mol. The van der Waals surface area contributed by atoms with E-state index in [0.29, 0.717) is 19.3 Å². The lowest BCUT2D eigenvalue weighted by atomic mass is 10.0. The second-order valence-corrected chi connectivity index (χ2v) is 19.9. The highest BCUT2D eigenvalue weighted by Crippen LogP contribution is 2.18. The van der Waals surface area contributed by atoms with Crippen molar-refractivity contribution in [1.82, 2.24) is 0 Å². The van der Waals surface area contributed by atoms with Crippen LogP contribution in [0.5, 0.6) is 0 Å². The zero-order valence-electron chi connectivity index (χ0n) is 43.6. The third-order valence-corrected chi connectivity index (χ3v) is 13.4. The summed E-state index contributed by atoms with van der Waals surface area (Å²) in [6.07, 6.45) is 60.1. The van der Waals surface area contributed by atoms with Crippen molar-refractivity contribution in [1.29, 1.82) is 0 Å². The van der Waals surface area contributed by atoms with Crippen LogP contribution in [0.3, 0.4) is 0 Å². The van der Waals surface area contributed by atoms with Gasteiger partial charge in [0, 0.05) is 19.3 Å². The Morgan fingerprint density at radius 1 is 0.250 bits per heavy atom. The normalized spacial score (nSPS) is 11.9. The minimum Gasteiger partial charge on any atom is -0.462 e. The van der Waals surface area contributed by atoms with Crippen molar-refractivity contribution in [2.24, 2.45) is 0 Å². The van der Waals surface area contributed by atoms with E-state index < -0.39 is 6.10 Å². The molecule has 0 saturated carbocycles. The van der Waals surface area contributed by atoms with Gasteiger partial charge in [0.2, 0.25) is 0 Å². The molecule has 0 aliphatic heterocycles. The van der Waals surface area contributed by atoms with E-state index in [9.17, 15) is 14.4 Å². The Labute approximate surface area is 399 Å². The molecule has 0 rings (SSSR count). The molecule has 380 valence electrons. The van der Waals surface area contributed by atoms with Crippen molar-refractivity contribution in [2.75, 3.05) is 13.2 Å². The maximum atomic E-state index is 12.7. The summed E-state index contributed by atoms with van der Waals surface area (Å²) in [6, 6.07) is 0. The lowest BCUT2D eigenvalue weighted by Crippen LogP contribution is -2.30. The number of hydrogen-bond acceptors (Lipinski definition) is 6. The van der Waals surface area contributed by atoms with E-state index in [2.05, 4.69) is 20.8 Å². The maximum Gasteiger partial charge on any atom is 0.306 e. The Morgan fingerprint density at radius 3 is 0.625 bits per heavy atom. The minimum atomic E-state index is -0.758. The number of rotatable bonds is 54. The zero-order valence-corrected chi connectivity index (χ0v) is 43.6. The molecule has 0 amide bonds. The van der Waals surface area contributed by atoms with Gasteiger partial charge in [-0.15, -0.1) is 0 Å². The van der Waals surface area contributed by atoms with Gasteiger partial charge < -0.3 is 14.2 Å². The molecule has 0 aromatic heterocycles. The van der Waals surface area contributed by atoms with Gasteiger partial charge in [-0.1, -0.05) is 297 Å². The summed E-state index contributed by atoms with van der Waals surface area (Å²) in [7, 11) is 0. The van der Waals surface area contributed by atoms with Gasteiger partial charge in [0.15, 0.2) is 6.10 Å². The standard InChI is InChI=1S/C58H112O6/c1-4-7-10-13-15-17-19-21-23-24-25-26-27-28-29-30-31-32-33-34-35-37-38-40-42-45-48-51-57(60)63-54-55(53-62-56(59)50-47-44-12-9-6-3)64-58(61)52-49-46-43-41-39-36-22-20-18-16-14-11-8-5-2/h55H,4-54H2,1-3H3. The highest BCUT2D eigenvalue weighted by molar-refractivity contribution is 5.71. The van der Waals surface area contributed by atoms with Crippen LogP contribution in [0, 0.1) is 0 Å². The summed E-state index contributed by atoms with van der Waals surface area (Å²) in [6.45, 7) is 6.61. The highest BCUT2D eigenvalue weighted by atomic mass is 16.6. The van der Waals surface area contributed by atoms with E-state index in [0.717, 1.165) is 64.2 Å². The number of unbranched alkanes of at least 4 members (excludes halogenated alkanes) is 43. The molecule has 0 aliphatic carbocycles. The lowest BCUT2D eigenvalue weighted by Gasteiger charge is -2.18. The third-order valence-electron chi connectivity index (χ3n) is 13.4. The molecular formula is C58H112O6. The van der Waals surface area contributed by atoms with Crippen molar-refractivity contribution in [3.8, 4) is 0 Å². The second-order valence-electron chi connectivity index (χ2n) is 19.9. The average Bonchev–Trinajstić information content (AvgIpc) is 3.29. The Hall–Kier alpha value is -1.59. The molecule has 1 unspecified atom stereocenters. The molecule has 0 bridgehead atoms. The molecule has 1 atom stereocenters. The summed E-state index contributed by atoms with van der Waals surface area (Å²) >= 11 is 0. The smallest absolute Gasteiger partial charge is 0.306 e. The molecule has 0 fully saturated rings. The van der Waals surface area contributed by atoms with Gasteiger partial charge in [-0.3, -0.25) is 14.4 Å². The number of esters is 3. The Bertz CT molecular complexity index is 951. The molecule has 0 saturated heterocycles. The highest BCUT2D eigenvalue weighted by Gasteiger charge is 2.19. The fourth-order valence-electron chi connectivity index (χ4n) is 8.98. The molecule has 6 nitrogen and oxygen atoms in total. The molecule has 6 heteroatoms. The van der Waals surface area contributed by atoms with Crippen LogP contribution in [-0.2, 0) is 28.6 Å². The molecule has 0 aromatic carbocycles. The van der Waals surface area contributed by atoms with Gasteiger partial charge in [0.25, 0.3) is 0 Å². The van der Waals surface area contributed by atoms with Crippen molar-refractivity contribution in [2.45, 2.75) is 341 Å². The van der Waals surface area contributed by atoms with Gasteiger partial charge in [-0.25, -0.2) is 0 Å². The van der Waals surface area contributed by atoms with E-state index >= 15 is 0 Å². The minimum absolute atomic E-state index is 0.0629. The van der Waals surface area contributed by atoms with Crippen LogP contribution >= 0.6 is 0 Å². The van der Waals surface area contributed by atoms with Gasteiger partial charge in [-0.2, -0.15) is 0 Å². The van der Waals surface area contributed by atoms with Crippen LogP contribution in [-0.4, -0.2) is 37.2 Å². The first kappa shape index (κ1) is 62.4. The zero-order chi connectivity index (χ0) is 46.5. The fraction of sp³-hybridized carbons (Fsp3) is 0.948. The summed E-state index contributed by atoms with van der Waals surface area (Å²) in [5, 5.41) is 0. The van der Waals surface area contributed by atoms with Gasteiger partial charge in [0.05, 0.1) is 0 Å². The van der Waals surface area contributed by atoms with Crippen molar-refractivity contribution >= 4 is 17.9 Å². The molecule has 0 aromatic rings. The Kier molecular flexibility index (Phi) is 52.7. The summed E-state index contributed by atoms with van der Waals surface area (Å²) < 4.78 is 16.7. The first-order chi connectivity index (χ1) is 31.5. The number of hydrogen-bond donors (Lipinski definition) is 0. The Balaban J connectivity index is 3.93. The molecule has 0 N–H and O–H groups in total. The lowest BCUT2D eigenvalue weighted by molar-refractivity contribution is -0.167. The molecule has 0 aliphatic rings. The van der Waals surface area contributed by atoms with Crippen LogP contribution < -0.4 is 0 Å². The molecular weight excluding hydrogens is 793 g/mol. The SMILES string of the molecule is CCCCCCCCCCCCCCCCCCCCCCCCCCCCCC(=O)OCC(COC(=O)CCCCCCC)OC(=O)CCCCCCCCCCCCCCCC. The average molecular weight is 906 g/mol. The Morgan fingerprint density at radius 2 is 0.422 bits per heavy atom. The molecule has 64 heavy (non-hydrogen) atoms. The predicted octanol–water partition coefficient (Wildman–Crippen LogP) is 19.2. The van der Waals surface area contributed by atoms with Crippen molar-refractivity contribution in [3.05, 3.63) is 0 Å². The van der Waals surface area contributed by atoms with Crippen LogP contribution in [0.25, 0.3) is 0 Å².